The van der Waals surface area contributed by atoms with Gasteiger partial charge in [0, 0.05) is 18.0 Å². The molecular weight excluding hydrogens is 283 g/mol. The highest BCUT2D eigenvalue weighted by molar-refractivity contribution is 8.06. The third kappa shape index (κ3) is 5.90. The molecule has 0 saturated heterocycles. The Bertz CT molecular complexity index is 415. The lowest BCUT2D eigenvalue weighted by molar-refractivity contribution is 0.166. The van der Waals surface area contributed by atoms with E-state index >= 15 is 0 Å². The summed E-state index contributed by atoms with van der Waals surface area (Å²) >= 11 is 10.4. The van der Waals surface area contributed by atoms with Gasteiger partial charge in [0.05, 0.1) is 6.10 Å². The van der Waals surface area contributed by atoms with Gasteiger partial charge in [-0.1, -0.05) is 29.8 Å². The molecule has 1 unspecified atom stereocenters. The standard InChI is InChI=1S/C9H14ClN2O3PS/c10-9-4-2-1-3-7(9)5-8(6-12-11)15-16(13,14)17/h1-4,8,12H,5-6,11H2,(H2,13,14,17). The molecule has 1 atom stereocenters. The van der Waals surface area contributed by atoms with E-state index in [1.165, 1.54) is 0 Å². The molecule has 1 rings (SSSR count). The minimum Gasteiger partial charge on any atom is -0.325 e. The average Bonchev–Trinajstić information content (AvgIpc) is 2.19. The van der Waals surface area contributed by atoms with Crippen molar-refractivity contribution in [1.29, 1.82) is 0 Å². The van der Waals surface area contributed by atoms with Crippen LogP contribution in [0.25, 0.3) is 0 Å². The van der Waals surface area contributed by atoms with Crippen molar-refractivity contribution in [2.24, 2.45) is 5.84 Å². The first-order valence-electron chi connectivity index (χ1n) is 4.83. The predicted octanol–water partition coefficient (Wildman–Crippen LogP) is 0.940. The molecular formula is C9H14ClN2O3PS. The van der Waals surface area contributed by atoms with Crippen LogP contribution in [-0.2, 0) is 22.8 Å². The van der Waals surface area contributed by atoms with Crippen LogP contribution in [0.5, 0.6) is 0 Å². The van der Waals surface area contributed by atoms with Crippen LogP contribution in [0.1, 0.15) is 5.56 Å². The van der Waals surface area contributed by atoms with Gasteiger partial charge in [0.25, 0.3) is 0 Å². The number of hydrogen-bond donors (Lipinski definition) is 4. The second-order valence-corrected chi connectivity index (χ2v) is 6.45. The lowest BCUT2D eigenvalue weighted by Crippen LogP contribution is -2.34. The molecule has 0 fully saturated rings. The van der Waals surface area contributed by atoms with Crippen LogP contribution < -0.4 is 11.3 Å². The van der Waals surface area contributed by atoms with Crippen molar-refractivity contribution in [2.75, 3.05) is 6.54 Å². The number of hydrazine groups is 1. The number of hydrogen-bond acceptors (Lipinski definition) is 4. The molecule has 0 aliphatic rings. The number of benzene rings is 1. The minimum atomic E-state index is -3.71. The molecule has 96 valence electrons. The second kappa shape index (κ2) is 6.78. The Kier molecular flexibility index (Phi) is 5.99. The normalized spacial score (nSPS) is 13.6. The zero-order valence-electron chi connectivity index (χ0n) is 8.91. The van der Waals surface area contributed by atoms with Crippen molar-refractivity contribution < 1.29 is 14.3 Å². The Morgan fingerprint density at radius 2 is 2.12 bits per heavy atom. The van der Waals surface area contributed by atoms with Crippen LogP contribution in [0, 0.1) is 0 Å². The average molecular weight is 297 g/mol. The van der Waals surface area contributed by atoms with Crippen LogP contribution >= 0.6 is 18.3 Å². The molecule has 1 aromatic carbocycles. The van der Waals surface area contributed by atoms with E-state index in [1.807, 2.05) is 18.2 Å². The Morgan fingerprint density at radius 1 is 1.47 bits per heavy atom. The SMILES string of the molecule is NNCC(Cc1ccccc1Cl)OP(O)(O)=S. The summed E-state index contributed by atoms with van der Waals surface area (Å²) < 4.78 is 4.97. The van der Waals surface area contributed by atoms with Gasteiger partial charge < -0.3 is 14.3 Å². The van der Waals surface area contributed by atoms with E-state index in [0.29, 0.717) is 11.4 Å². The summed E-state index contributed by atoms with van der Waals surface area (Å²) in [7, 11) is 0. The van der Waals surface area contributed by atoms with E-state index in [4.69, 9.17) is 31.8 Å². The van der Waals surface area contributed by atoms with E-state index in [9.17, 15) is 0 Å². The third-order valence-electron chi connectivity index (χ3n) is 2.04. The monoisotopic (exact) mass is 296 g/mol. The summed E-state index contributed by atoms with van der Waals surface area (Å²) in [6.07, 6.45) is -0.149. The van der Waals surface area contributed by atoms with E-state index in [0.717, 1.165) is 5.56 Å². The van der Waals surface area contributed by atoms with Gasteiger partial charge in [-0.05, 0) is 23.4 Å². The maximum atomic E-state index is 9.12. The first kappa shape index (κ1) is 15.0. The summed E-state index contributed by atoms with van der Waals surface area (Å²) in [5.41, 5.74) is 3.24. The molecule has 0 aromatic heterocycles. The predicted molar refractivity (Wildman–Crippen MR) is 70.9 cm³/mol. The van der Waals surface area contributed by atoms with E-state index in [2.05, 4.69) is 17.2 Å². The molecule has 0 spiro atoms. The highest BCUT2D eigenvalue weighted by Crippen LogP contribution is 2.38. The van der Waals surface area contributed by atoms with Gasteiger partial charge in [-0.15, -0.1) is 0 Å². The summed E-state index contributed by atoms with van der Waals surface area (Å²) in [5.74, 6) is 5.19. The van der Waals surface area contributed by atoms with E-state index in [-0.39, 0.29) is 6.54 Å². The fraction of sp³-hybridized carbons (Fsp3) is 0.333. The molecule has 0 heterocycles. The summed E-state index contributed by atoms with van der Waals surface area (Å²) in [6, 6.07) is 7.22. The van der Waals surface area contributed by atoms with Crippen LogP contribution in [0.4, 0.5) is 0 Å². The Morgan fingerprint density at radius 3 is 2.65 bits per heavy atom. The van der Waals surface area contributed by atoms with Crippen molar-refractivity contribution in [2.45, 2.75) is 12.5 Å². The highest BCUT2D eigenvalue weighted by atomic mass is 35.5. The van der Waals surface area contributed by atoms with Crippen LogP contribution in [-0.4, -0.2) is 22.4 Å². The van der Waals surface area contributed by atoms with Gasteiger partial charge in [0.15, 0.2) is 0 Å². The highest BCUT2D eigenvalue weighted by Gasteiger charge is 2.19. The lowest BCUT2D eigenvalue weighted by Gasteiger charge is -2.20. The number of nitrogens with two attached hydrogens (primary N) is 1. The molecule has 8 heteroatoms. The first-order chi connectivity index (χ1) is 7.92. The molecule has 5 N–H and O–H groups in total. The minimum absolute atomic E-state index is 0.241. The van der Waals surface area contributed by atoms with E-state index < -0.39 is 12.8 Å². The van der Waals surface area contributed by atoms with Crippen molar-refractivity contribution in [3.63, 3.8) is 0 Å². The fourth-order valence-corrected chi connectivity index (χ4v) is 2.50. The van der Waals surface area contributed by atoms with Crippen LogP contribution in [0.3, 0.4) is 0 Å². The molecule has 0 aliphatic heterocycles. The maximum Gasteiger partial charge on any atom is 0.322 e. The van der Waals surface area contributed by atoms with Gasteiger partial charge in [0.2, 0.25) is 0 Å². The van der Waals surface area contributed by atoms with E-state index in [1.54, 1.807) is 6.07 Å². The molecule has 0 amide bonds. The topological polar surface area (TPSA) is 87.7 Å². The van der Waals surface area contributed by atoms with Gasteiger partial charge in [-0.2, -0.15) is 0 Å². The summed E-state index contributed by atoms with van der Waals surface area (Å²) in [4.78, 5) is 18.2. The summed E-state index contributed by atoms with van der Waals surface area (Å²) in [6.45, 7) is -3.47. The Balaban J connectivity index is 2.73. The molecule has 17 heavy (non-hydrogen) atoms. The van der Waals surface area contributed by atoms with Crippen molar-refractivity contribution >= 4 is 30.1 Å². The van der Waals surface area contributed by atoms with Crippen LogP contribution in [0.15, 0.2) is 24.3 Å². The first-order valence-corrected chi connectivity index (χ1v) is 7.83. The molecule has 0 aliphatic carbocycles. The number of halogens is 1. The Labute approximate surface area is 110 Å². The van der Waals surface area contributed by atoms with Crippen LogP contribution in [0.2, 0.25) is 5.02 Å². The summed E-state index contributed by atoms with van der Waals surface area (Å²) in [5, 5.41) is 0.585. The van der Waals surface area contributed by atoms with Gasteiger partial charge >= 0.3 is 6.72 Å². The van der Waals surface area contributed by atoms with Gasteiger partial charge in [-0.25, -0.2) is 0 Å². The molecule has 0 bridgehead atoms. The Hall–Kier alpha value is -0.0400. The molecule has 0 saturated carbocycles. The van der Waals surface area contributed by atoms with Gasteiger partial charge in [-0.3, -0.25) is 11.3 Å². The van der Waals surface area contributed by atoms with Crippen molar-refractivity contribution in [1.82, 2.24) is 5.43 Å². The largest absolute Gasteiger partial charge is 0.325 e. The smallest absolute Gasteiger partial charge is 0.322 e. The molecule has 5 nitrogen and oxygen atoms in total. The molecule has 1 aromatic rings. The van der Waals surface area contributed by atoms with Gasteiger partial charge in [0.1, 0.15) is 0 Å². The zero-order valence-corrected chi connectivity index (χ0v) is 11.4. The third-order valence-corrected chi connectivity index (χ3v) is 3.24. The second-order valence-electron chi connectivity index (χ2n) is 3.42. The fourth-order valence-electron chi connectivity index (χ4n) is 1.38. The number of nitrogens with one attached hydrogen (secondary N) is 1. The van der Waals surface area contributed by atoms with Crippen molar-refractivity contribution in [3.05, 3.63) is 34.9 Å². The quantitative estimate of drug-likeness (QED) is 0.355. The molecule has 0 radical (unpaired) electrons. The number of rotatable bonds is 6. The zero-order chi connectivity index (χ0) is 12.9. The van der Waals surface area contributed by atoms with Crippen molar-refractivity contribution in [3.8, 4) is 0 Å². The lowest BCUT2D eigenvalue weighted by atomic mass is 10.1. The maximum absolute atomic E-state index is 9.12.